The zero-order chi connectivity index (χ0) is 21.5. The standard InChI is InChI=1S/C23H29N3O3S/c1-4-24-23(30)26-14-19(18-11-10-17(28-2)12-21(18)29-3)20(15-26)22(27)25-13-16-8-6-5-7-9-16/h5-12,19-20H,4,13-15H2,1-3H3,(H,24,30)(H,25,27). The van der Waals surface area contributed by atoms with Gasteiger partial charge in [-0.2, -0.15) is 0 Å². The van der Waals surface area contributed by atoms with E-state index in [1.54, 1.807) is 14.2 Å². The lowest BCUT2D eigenvalue weighted by molar-refractivity contribution is -0.125. The monoisotopic (exact) mass is 427 g/mol. The van der Waals surface area contributed by atoms with Crippen LogP contribution in [0.5, 0.6) is 11.5 Å². The van der Waals surface area contributed by atoms with Crippen LogP contribution < -0.4 is 20.1 Å². The van der Waals surface area contributed by atoms with Gasteiger partial charge in [-0.25, -0.2) is 0 Å². The van der Waals surface area contributed by atoms with Crippen molar-refractivity contribution in [2.45, 2.75) is 19.4 Å². The van der Waals surface area contributed by atoms with E-state index in [2.05, 4.69) is 15.5 Å². The molecule has 2 aromatic rings. The smallest absolute Gasteiger partial charge is 0.225 e. The number of benzene rings is 2. The van der Waals surface area contributed by atoms with Crippen molar-refractivity contribution in [3.63, 3.8) is 0 Å². The van der Waals surface area contributed by atoms with Crippen molar-refractivity contribution in [1.82, 2.24) is 15.5 Å². The van der Waals surface area contributed by atoms with Crippen LogP contribution in [0.3, 0.4) is 0 Å². The molecule has 2 unspecified atom stereocenters. The zero-order valence-corrected chi connectivity index (χ0v) is 18.5. The Morgan fingerprint density at radius 1 is 1.10 bits per heavy atom. The summed E-state index contributed by atoms with van der Waals surface area (Å²) < 4.78 is 10.9. The summed E-state index contributed by atoms with van der Waals surface area (Å²) >= 11 is 5.53. The predicted molar refractivity (Wildman–Crippen MR) is 122 cm³/mol. The van der Waals surface area contributed by atoms with E-state index >= 15 is 0 Å². The first kappa shape index (κ1) is 21.9. The normalized spacial score (nSPS) is 18.0. The number of hydrogen-bond donors (Lipinski definition) is 2. The summed E-state index contributed by atoms with van der Waals surface area (Å²) in [6.45, 7) is 4.47. The Labute approximate surface area is 183 Å². The average Bonchev–Trinajstić information content (AvgIpc) is 3.23. The highest BCUT2D eigenvalue weighted by atomic mass is 32.1. The molecular formula is C23H29N3O3S. The highest BCUT2D eigenvalue weighted by Gasteiger charge is 2.40. The van der Waals surface area contributed by atoms with Crippen LogP contribution in [-0.2, 0) is 11.3 Å². The molecule has 1 fully saturated rings. The molecule has 0 bridgehead atoms. The van der Waals surface area contributed by atoms with Crippen molar-refractivity contribution >= 4 is 23.2 Å². The number of likely N-dealkylation sites (tertiary alicyclic amines) is 1. The van der Waals surface area contributed by atoms with Gasteiger partial charge in [-0.3, -0.25) is 4.79 Å². The Morgan fingerprint density at radius 2 is 1.87 bits per heavy atom. The molecule has 6 nitrogen and oxygen atoms in total. The van der Waals surface area contributed by atoms with Crippen LogP contribution in [0.15, 0.2) is 48.5 Å². The third kappa shape index (κ3) is 5.02. The maximum atomic E-state index is 13.2. The first-order chi connectivity index (χ1) is 14.6. The van der Waals surface area contributed by atoms with E-state index in [-0.39, 0.29) is 17.7 Å². The fourth-order valence-corrected chi connectivity index (χ4v) is 4.15. The lowest BCUT2D eigenvalue weighted by atomic mass is 9.87. The first-order valence-electron chi connectivity index (χ1n) is 10.1. The van der Waals surface area contributed by atoms with E-state index in [1.165, 1.54) is 0 Å². The molecule has 3 rings (SSSR count). The third-order valence-electron chi connectivity index (χ3n) is 5.42. The first-order valence-corrected chi connectivity index (χ1v) is 10.5. The lowest BCUT2D eigenvalue weighted by Gasteiger charge is -2.21. The molecule has 0 saturated carbocycles. The number of rotatable bonds is 7. The summed E-state index contributed by atoms with van der Waals surface area (Å²) in [6, 6.07) is 15.7. The topological polar surface area (TPSA) is 62.8 Å². The molecular weight excluding hydrogens is 398 g/mol. The van der Waals surface area contributed by atoms with Gasteiger partial charge in [0, 0.05) is 43.7 Å². The highest BCUT2D eigenvalue weighted by Crippen LogP contribution is 2.39. The largest absolute Gasteiger partial charge is 0.497 e. The molecule has 1 aliphatic rings. The molecule has 30 heavy (non-hydrogen) atoms. The zero-order valence-electron chi connectivity index (χ0n) is 17.7. The highest BCUT2D eigenvalue weighted by molar-refractivity contribution is 7.80. The molecule has 0 aromatic heterocycles. The van der Waals surface area contributed by atoms with Gasteiger partial charge < -0.3 is 25.0 Å². The molecule has 7 heteroatoms. The number of nitrogens with one attached hydrogen (secondary N) is 2. The van der Waals surface area contributed by atoms with Gasteiger partial charge in [0.1, 0.15) is 11.5 Å². The Morgan fingerprint density at radius 3 is 2.53 bits per heavy atom. The minimum atomic E-state index is -0.243. The summed E-state index contributed by atoms with van der Waals surface area (Å²) in [5.74, 6) is 1.17. The van der Waals surface area contributed by atoms with Gasteiger partial charge in [-0.1, -0.05) is 36.4 Å². The maximum absolute atomic E-state index is 13.2. The number of amides is 1. The molecule has 1 saturated heterocycles. The maximum Gasteiger partial charge on any atom is 0.225 e. The average molecular weight is 428 g/mol. The van der Waals surface area contributed by atoms with Crippen molar-refractivity contribution < 1.29 is 14.3 Å². The second-order valence-corrected chi connectivity index (χ2v) is 7.65. The quantitative estimate of drug-likeness (QED) is 0.663. The van der Waals surface area contributed by atoms with Gasteiger partial charge in [0.15, 0.2) is 5.11 Å². The molecule has 0 aliphatic carbocycles. The number of carbonyl (C=O) groups excluding carboxylic acids is 1. The molecule has 0 radical (unpaired) electrons. The molecule has 2 N–H and O–H groups in total. The van der Waals surface area contributed by atoms with E-state index in [0.29, 0.717) is 24.7 Å². The van der Waals surface area contributed by atoms with E-state index in [4.69, 9.17) is 21.7 Å². The van der Waals surface area contributed by atoms with Gasteiger partial charge in [0.05, 0.1) is 20.1 Å². The number of hydrogen-bond acceptors (Lipinski definition) is 4. The van der Waals surface area contributed by atoms with E-state index in [9.17, 15) is 4.79 Å². The molecule has 0 spiro atoms. The van der Waals surface area contributed by atoms with Crippen LogP contribution >= 0.6 is 12.2 Å². The Kier molecular flexibility index (Phi) is 7.52. The van der Waals surface area contributed by atoms with Crippen LogP contribution in [0, 0.1) is 5.92 Å². The van der Waals surface area contributed by atoms with Gasteiger partial charge in [0.2, 0.25) is 5.91 Å². The second kappa shape index (κ2) is 10.3. The number of carbonyl (C=O) groups is 1. The van der Waals surface area contributed by atoms with Crippen LogP contribution in [0.4, 0.5) is 0 Å². The van der Waals surface area contributed by atoms with E-state index in [1.807, 2.05) is 55.5 Å². The van der Waals surface area contributed by atoms with Crippen molar-refractivity contribution in [3.05, 3.63) is 59.7 Å². The van der Waals surface area contributed by atoms with Crippen LogP contribution in [0.25, 0.3) is 0 Å². The van der Waals surface area contributed by atoms with Gasteiger partial charge in [-0.15, -0.1) is 0 Å². The summed E-state index contributed by atoms with van der Waals surface area (Å²) in [5.41, 5.74) is 2.06. The number of thiocarbonyl (C=S) groups is 1. The Hall–Kier alpha value is -2.80. The van der Waals surface area contributed by atoms with Crippen LogP contribution in [-0.4, -0.2) is 49.8 Å². The predicted octanol–water partition coefficient (Wildman–Crippen LogP) is 2.93. The van der Waals surface area contributed by atoms with Crippen LogP contribution in [0.2, 0.25) is 0 Å². The second-order valence-electron chi connectivity index (χ2n) is 7.26. The fraction of sp³-hybridized carbons (Fsp3) is 0.391. The summed E-state index contributed by atoms with van der Waals surface area (Å²) in [7, 11) is 3.26. The van der Waals surface area contributed by atoms with Crippen molar-refractivity contribution in [1.29, 1.82) is 0 Å². The summed E-state index contributed by atoms with van der Waals surface area (Å²) in [4.78, 5) is 15.3. The lowest BCUT2D eigenvalue weighted by Crippen LogP contribution is -2.39. The Bertz CT molecular complexity index is 875. The van der Waals surface area contributed by atoms with Crippen LogP contribution in [0.1, 0.15) is 24.0 Å². The van der Waals surface area contributed by atoms with Crippen molar-refractivity contribution in [2.75, 3.05) is 33.9 Å². The van der Waals surface area contributed by atoms with Gasteiger partial charge >= 0.3 is 0 Å². The van der Waals surface area contributed by atoms with E-state index < -0.39 is 0 Å². The van der Waals surface area contributed by atoms with Crippen molar-refractivity contribution in [2.24, 2.45) is 5.92 Å². The van der Waals surface area contributed by atoms with Gasteiger partial charge in [-0.05, 0) is 30.8 Å². The number of ether oxygens (including phenoxy) is 2. The summed E-state index contributed by atoms with van der Waals surface area (Å²) in [5, 5.41) is 6.97. The molecule has 2 atom stereocenters. The minimum Gasteiger partial charge on any atom is -0.497 e. The summed E-state index contributed by atoms with van der Waals surface area (Å²) in [6.07, 6.45) is 0. The molecule has 1 heterocycles. The molecule has 1 amide bonds. The Balaban J connectivity index is 1.83. The molecule has 160 valence electrons. The molecule has 1 aliphatic heterocycles. The third-order valence-corrected chi connectivity index (χ3v) is 5.82. The van der Waals surface area contributed by atoms with Gasteiger partial charge in [0.25, 0.3) is 0 Å². The number of nitrogens with zero attached hydrogens (tertiary/aromatic N) is 1. The van der Waals surface area contributed by atoms with Crippen molar-refractivity contribution in [3.8, 4) is 11.5 Å². The molecule has 2 aromatic carbocycles. The fourth-order valence-electron chi connectivity index (χ4n) is 3.85. The van der Waals surface area contributed by atoms with E-state index in [0.717, 1.165) is 29.2 Å². The minimum absolute atomic E-state index is 0.0172. The SMILES string of the molecule is CCNC(=S)N1CC(C(=O)NCc2ccccc2)C(c2ccc(OC)cc2OC)C1. The number of methoxy groups -OCH3 is 2.